The molecule has 3 aromatic rings. The van der Waals surface area contributed by atoms with Gasteiger partial charge in [0.2, 0.25) is 0 Å². The van der Waals surface area contributed by atoms with E-state index in [-0.39, 0.29) is 5.56 Å². The quantitative estimate of drug-likeness (QED) is 0.155. The average Bonchev–Trinajstić information content (AvgIpc) is 2.89. The van der Waals surface area contributed by atoms with Crippen molar-refractivity contribution >= 4 is 23.7 Å². The summed E-state index contributed by atoms with van der Waals surface area (Å²) in [5.74, 6) is -2.30. The summed E-state index contributed by atoms with van der Waals surface area (Å²) >= 11 is 1.24. The molecule has 0 aliphatic heterocycles. The maximum Gasteiger partial charge on any atom is 0.335 e. The molecule has 190 valence electrons. The monoisotopic (exact) mass is 506 g/mol. The van der Waals surface area contributed by atoms with Crippen LogP contribution in [0.15, 0.2) is 83.8 Å². The molecular formula is C30H34O5S. The molecule has 36 heavy (non-hydrogen) atoms. The first-order valence-electron chi connectivity index (χ1n) is 12.5. The maximum absolute atomic E-state index is 11.7. The third-order valence-corrected chi connectivity index (χ3v) is 7.58. The number of aryl methyl sites for hydroxylation is 2. The zero-order chi connectivity index (χ0) is 25.8. The lowest BCUT2D eigenvalue weighted by Crippen LogP contribution is -2.26. The van der Waals surface area contributed by atoms with E-state index in [1.807, 2.05) is 30.3 Å². The van der Waals surface area contributed by atoms with Crippen LogP contribution in [0.4, 0.5) is 0 Å². The van der Waals surface area contributed by atoms with Gasteiger partial charge in [0.15, 0.2) is 6.10 Å². The van der Waals surface area contributed by atoms with Crippen LogP contribution >= 0.6 is 11.8 Å². The fraction of sp³-hybridized carbons (Fsp3) is 0.333. The molecule has 0 saturated heterocycles. The summed E-state index contributed by atoms with van der Waals surface area (Å²) in [6, 6.07) is 24.5. The number of unbranched alkanes of at least 4 members (excludes halogenated alkanes) is 5. The summed E-state index contributed by atoms with van der Waals surface area (Å²) in [6.07, 6.45) is 7.26. The van der Waals surface area contributed by atoms with E-state index in [0.717, 1.165) is 36.8 Å². The van der Waals surface area contributed by atoms with E-state index in [9.17, 15) is 19.8 Å². The van der Waals surface area contributed by atoms with Crippen LogP contribution in [0.2, 0.25) is 0 Å². The van der Waals surface area contributed by atoms with Gasteiger partial charge in [-0.2, -0.15) is 0 Å². The van der Waals surface area contributed by atoms with E-state index in [0.29, 0.717) is 4.90 Å². The Hall–Kier alpha value is -3.09. The molecule has 0 aromatic heterocycles. The number of hydrogen-bond donors (Lipinski definition) is 3. The van der Waals surface area contributed by atoms with Crippen molar-refractivity contribution in [2.45, 2.75) is 67.6 Å². The third kappa shape index (κ3) is 8.54. The molecule has 3 N–H and O–H groups in total. The second-order valence-corrected chi connectivity index (χ2v) is 10.2. The van der Waals surface area contributed by atoms with Gasteiger partial charge in [0, 0.05) is 4.90 Å². The number of carboxylic acids is 2. The minimum absolute atomic E-state index is 0.162. The van der Waals surface area contributed by atoms with E-state index in [1.54, 1.807) is 12.1 Å². The molecule has 0 bridgehead atoms. The number of aliphatic carboxylic acids is 1. The van der Waals surface area contributed by atoms with Gasteiger partial charge in [0.25, 0.3) is 0 Å². The van der Waals surface area contributed by atoms with Gasteiger partial charge in [0.05, 0.1) is 10.8 Å². The maximum atomic E-state index is 11.7. The lowest BCUT2D eigenvalue weighted by Gasteiger charge is -2.23. The van der Waals surface area contributed by atoms with E-state index in [1.165, 1.54) is 55.1 Å². The molecule has 3 rings (SSSR count). The number of carboxylic acid groups (broad SMARTS) is 2. The lowest BCUT2D eigenvalue weighted by molar-refractivity contribution is -0.146. The smallest absolute Gasteiger partial charge is 0.335 e. The van der Waals surface area contributed by atoms with E-state index in [2.05, 4.69) is 24.3 Å². The fourth-order valence-electron chi connectivity index (χ4n) is 4.29. The van der Waals surface area contributed by atoms with Crippen LogP contribution in [-0.4, -0.2) is 33.4 Å². The van der Waals surface area contributed by atoms with Gasteiger partial charge in [-0.25, -0.2) is 9.59 Å². The minimum atomic E-state index is -1.58. The molecule has 0 amide bonds. The van der Waals surface area contributed by atoms with Crippen LogP contribution in [0.3, 0.4) is 0 Å². The average molecular weight is 507 g/mol. The Morgan fingerprint density at radius 2 is 1.28 bits per heavy atom. The van der Waals surface area contributed by atoms with Gasteiger partial charge >= 0.3 is 11.9 Å². The normalized spacial score (nSPS) is 12.7. The topological polar surface area (TPSA) is 94.8 Å². The van der Waals surface area contributed by atoms with E-state index in [4.69, 9.17) is 5.11 Å². The first-order valence-corrected chi connectivity index (χ1v) is 13.4. The summed E-state index contributed by atoms with van der Waals surface area (Å²) in [6.45, 7) is 0. The van der Waals surface area contributed by atoms with Crippen molar-refractivity contribution in [1.29, 1.82) is 0 Å². The molecule has 2 atom stereocenters. The molecule has 0 heterocycles. The molecule has 2 unspecified atom stereocenters. The first kappa shape index (κ1) is 27.5. The van der Waals surface area contributed by atoms with Gasteiger partial charge in [-0.05, 0) is 66.6 Å². The number of aliphatic hydroxyl groups excluding tert-OH is 1. The van der Waals surface area contributed by atoms with Crippen LogP contribution in [-0.2, 0) is 17.6 Å². The van der Waals surface area contributed by atoms with Crippen LogP contribution in [0.1, 0.15) is 70.8 Å². The van der Waals surface area contributed by atoms with E-state index >= 15 is 0 Å². The molecule has 5 nitrogen and oxygen atoms in total. The highest BCUT2D eigenvalue weighted by molar-refractivity contribution is 7.99. The summed E-state index contributed by atoms with van der Waals surface area (Å²) < 4.78 is 0. The second-order valence-electron chi connectivity index (χ2n) is 8.96. The molecule has 0 spiro atoms. The highest BCUT2D eigenvalue weighted by Crippen LogP contribution is 2.40. The Kier molecular flexibility index (Phi) is 11.0. The number of thioether (sulfide) groups is 1. The van der Waals surface area contributed by atoms with Crippen molar-refractivity contribution < 1.29 is 24.9 Å². The Labute approximate surface area is 217 Å². The van der Waals surface area contributed by atoms with Crippen molar-refractivity contribution in [2.24, 2.45) is 0 Å². The third-order valence-electron chi connectivity index (χ3n) is 6.27. The van der Waals surface area contributed by atoms with Crippen LogP contribution in [0.25, 0.3) is 0 Å². The van der Waals surface area contributed by atoms with Crippen molar-refractivity contribution in [3.63, 3.8) is 0 Å². The summed E-state index contributed by atoms with van der Waals surface area (Å²) in [5, 5.41) is 28.5. The fourth-order valence-corrected chi connectivity index (χ4v) is 5.47. The molecular weight excluding hydrogens is 472 g/mol. The molecule has 0 radical (unpaired) electrons. The van der Waals surface area contributed by atoms with Crippen LogP contribution < -0.4 is 0 Å². The van der Waals surface area contributed by atoms with Crippen molar-refractivity contribution in [2.75, 3.05) is 0 Å². The van der Waals surface area contributed by atoms with Gasteiger partial charge in [-0.3, -0.25) is 0 Å². The second kappa shape index (κ2) is 14.5. The number of aromatic carboxylic acids is 1. The van der Waals surface area contributed by atoms with Crippen molar-refractivity contribution in [3.8, 4) is 0 Å². The number of aliphatic hydroxyl groups is 1. The van der Waals surface area contributed by atoms with Crippen LogP contribution in [0.5, 0.6) is 0 Å². The molecule has 3 aromatic carbocycles. The van der Waals surface area contributed by atoms with Crippen LogP contribution in [0, 0.1) is 0 Å². The van der Waals surface area contributed by atoms with E-state index < -0.39 is 23.3 Å². The molecule has 0 aliphatic rings. The predicted octanol–water partition coefficient (Wildman–Crippen LogP) is 6.79. The van der Waals surface area contributed by atoms with Gasteiger partial charge in [-0.1, -0.05) is 80.3 Å². The summed E-state index contributed by atoms with van der Waals surface area (Å²) in [7, 11) is 0. The van der Waals surface area contributed by atoms with Gasteiger partial charge in [0.1, 0.15) is 0 Å². The largest absolute Gasteiger partial charge is 0.479 e. The highest BCUT2D eigenvalue weighted by Gasteiger charge is 2.30. The standard InChI is InChI=1S/C30H34O5S/c31-27(30(34)35)28(36-25-20-18-24(19-21-25)29(32)33)26-17-11-10-16-23(26)15-9-4-2-1-3-6-12-22-13-7-5-8-14-22/h5,7-8,10-11,13-14,16-21,27-28,31H,1-4,6,9,12,15H2,(H,32,33)(H,34,35). The van der Waals surface area contributed by atoms with Gasteiger partial charge < -0.3 is 15.3 Å². The number of rotatable bonds is 15. The minimum Gasteiger partial charge on any atom is -0.479 e. The van der Waals surface area contributed by atoms with Crippen molar-refractivity contribution in [1.82, 2.24) is 0 Å². The Morgan fingerprint density at radius 1 is 0.694 bits per heavy atom. The van der Waals surface area contributed by atoms with Crippen molar-refractivity contribution in [3.05, 3.63) is 101 Å². The molecule has 0 fully saturated rings. The first-order chi connectivity index (χ1) is 17.5. The molecule has 0 aliphatic carbocycles. The molecule has 0 saturated carbocycles. The SMILES string of the molecule is O=C(O)c1ccc(SC(c2ccccc2CCCCCCCCc2ccccc2)C(O)C(=O)O)cc1. The number of hydrogen-bond acceptors (Lipinski definition) is 4. The molecule has 6 heteroatoms. The Balaban J connectivity index is 1.55. The predicted molar refractivity (Wildman–Crippen MR) is 144 cm³/mol. The number of carbonyl (C=O) groups is 2. The zero-order valence-electron chi connectivity index (χ0n) is 20.4. The highest BCUT2D eigenvalue weighted by atomic mass is 32.2. The zero-order valence-corrected chi connectivity index (χ0v) is 21.2. The summed E-state index contributed by atoms with van der Waals surface area (Å²) in [4.78, 5) is 23.5. The Morgan fingerprint density at radius 3 is 1.92 bits per heavy atom. The summed E-state index contributed by atoms with van der Waals surface area (Å²) in [5.41, 5.74) is 3.40. The lowest BCUT2D eigenvalue weighted by atomic mass is 9.96. The number of benzene rings is 3. The Bertz CT molecular complexity index is 1100. The van der Waals surface area contributed by atoms with Gasteiger partial charge in [-0.15, -0.1) is 11.8 Å².